The highest BCUT2D eigenvalue weighted by molar-refractivity contribution is 5.80. The predicted octanol–water partition coefficient (Wildman–Crippen LogP) is 0.352. The second-order valence-electron chi connectivity index (χ2n) is 4.21. The fourth-order valence-electron chi connectivity index (χ4n) is 1.74. The molecule has 0 atom stereocenters. The van der Waals surface area contributed by atoms with E-state index in [-0.39, 0.29) is 0 Å². The number of aliphatic imine (C=N–C) groups is 1. The second-order valence-corrected chi connectivity index (χ2v) is 4.21. The summed E-state index contributed by atoms with van der Waals surface area (Å²) in [5.74, 6) is 0.968. The van der Waals surface area contributed by atoms with Gasteiger partial charge >= 0.3 is 0 Å². The maximum atomic E-state index is 5.27. The van der Waals surface area contributed by atoms with Gasteiger partial charge in [-0.15, -0.1) is 0 Å². The number of rotatable bonds is 3. The molecule has 0 saturated carbocycles. The van der Waals surface area contributed by atoms with Gasteiger partial charge in [-0.1, -0.05) is 6.92 Å². The Morgan fingerprint density at radius 1 is 1.57 bits per heavy atom. The molecule has 0 radical (unpaired) electrons. The van der Waals surface area contributed by atoms with E-state index in [4.69, 9.17) is 4.74 Å². The van der Waals surface area contributed by atoms with Gasteiger partial charge in [0.15, 0.2) is 5.96 Å². The molecule has 0 spiro atoms. The molecule has 1 fully saturated rings. The predicted molar refractivity (Wildman–Crippen MR) is 56.5 cm³/mol. The summed E-state index contributed by atoms with van der Waals surface area (Å²) in [6.07, 6.45) is 2.32. The lowest BCUT2D eigenvalue weighted by Gasteiger charge is -2.41. The lowest BCUT2D eigenvalue weighted by molar-refractivity contribution is -0.111. The van der Waals surface area contributed by atoms with E-state index >= 15 is 0 Å². The summed E-state index contributed by atoms with van der Waals surface area (Å²) in [6.45, 7) is 6.98. The Labute approximate surface area is 85.1 Å². The van der Waals surface area contributed by atoms with Crippen LogP contribution in [0.5, 0.6) is 0 Å². The molecule has 2 N–H and O–H groups in total. The third-order valence-electron chi connectivity index (χ3n) is 3.09. The molecule has 0 amide bonds. The number of guanidine groups is 1. The van der Waals surface area contributed by atoms with E-state index in [0.717, 1.165) is 45.2 Å². The molecule has 2 rings (SSSR count). The summed E-state index contributed by atoms with van der Waals surface area (Å²) in [6, 6.07) is 0. The van der Waals surface area contributed by atoms with Crippen molar-refractivity contribution in [2.45, 2.75) is 19.8 Å². The van der Waals surface area contributed by atoms with Gasteiger partial charge in [0, 0.05) is 25.0 Å². The molecule has 4 heteroatoms. The van der Waals surface area contributed by atoms with Crippen LogP contribution < -0.4 is 10.6 Å². The fraction of sp³-hybridized carbons (Fsp3) is 0.900. The molecule has 0 aromatic rings. The Kier molecular flexibility index (Phi) is 2.91. The Hall–Kier alpha value is -0.770. The van der Waals surface area contributed by atoms with Crippen LogP contribution in [0.15, 0.2) is 4.99 Å². The molecule has 0 aliphatic carbocycles. The zero-order chi connectivity index (χ0) is 9.86. The first kappa shape index (κ1) is 9.77. The largest absolute Gasteiger partial charge is 0.380 e. The van der Waals surface area contributed by atoms with Crippen molar-refractivity contribution in [2.75, 3.05) is 32.8 Å². The maximum absolute atomic E-state index is 5.27. The lowest BCUT2D eigenvalue weighted by Crippen LogP contribution is -2.53. The van der Waals surface area contributed by atoms with Crippen LogP contribution in [0.2, 0.25) is 0 Å². The van der Waals surface area contributed by atoms with Gasteiger partial charge in [0.1, 0.15) is 0 Å². The average molecular weight is 197 g/mol. The molecule has 4 nitrogen and oxygen atoms in total. The third kappa shape index (κ3) is 2.00. The molecule has 80 valence electrons. The molecule has 0 aromatic carbocycles. The lowest BCUT2D eigenvalue weighted by atomic mass is 9.83. The molecule has 0 aromatic heterocycles. The van der Waals surface area contributed by atoms with E-state index in [1.54, 1.807) is 0 Å². The van der Waals surface area contributed by atoms with Gasteiger partial charge in [-0.3, -0.25) is 4.99 Å². The van der Waals surface area contributed by atoms with Crippen molar-refractivity contribution < 1.29 is 4.74 Å². The van der Waals surface area contributed by atoms with Crippen molar-refractivity contribution in [3.05, 3.63) is 0 Å². The van der Waals surface area contributed by atoms with Crippen molar-refractivity contribution in [1.29, 1.82) is 0 Å². The van der Waals surface area contributed by atoms with Gasteiger partial charge in [0.25, 0.3) is 0 Å². The minimum absolute atomic E-state index is 0.363. The summed E-state index contributed by atoms with van der Waals surface area (Å²) >= 11 is 0. The summed E-state index contributed by atoms with van der Waals surface area (Å²) in [5, 5.41) is 6.64. The summed E-state index contributed by atoms with van der Waals surface area (Å²) in [4.78, 5) is 4.38. The van der Waals surface area contributed by atoms with Crippen molar-refractivity contribution >= 4 is 5.96 Å². The van der Waals surface area contributed by atoms with Gasteiger partial charge in [-0.25, -0.2) is 0 Å². The van der Waals surface area contributed by atoms with Crippen LogP contribution in [0, 0.1) is 5.41 Å². The Morgan fingerprint density at radius 3 is 2.93 bits per heavy atom. The van der Waals surface area contributed by atoms with Gasteiger partial charge in [-0.2, -0.15) is 0 Å². The topological polar surface area (TPSA) is 45.7 Å². The van der Waals surface area contributed by atoms with Crippen LogP contribution in [0.3, 0.4) is 0 Å². The number of nitrogens with one attached hydrogen (secondary N) is 2. The standard InChI is InChI=1S/C10H19N3O/c1-2-10(7-14-8-10)6-13-9-11-4-3-5-12-9/h2-8H2,1H3,(H2,11,12,13). The first-order chi connectivity index (χ1) is 6.85. The minimum Gasteiger partial charge on any atom is -0.380 e. The number of hydrogen-bond donors (Lipinski definition) is 2. The van der Waals surface area contributed by atoms with E-state index in [1.807, 2.05) is 0 Å². The number of hydrogen-bond acceptors (Lipinski definition) is 4. The minimum atomic E-state index is 0.363. The fourth-order valence-corrected chi connectivity index (χ4v) is 1.74. The summed E-state index contributed by atoms with van der Waals surface area (Å²) in [7, 11) is 0. The molecule has 2 aliphatic rings. The van der Waals surface area contributed by atoms with Crippen LogP contribution >= 0.6 is 0 Å². The highest BCUT2D eigenvalue weighted by Gasteiger charge is 2.36. The van der Waals surface area contributed by atoms with E-state index < -0.39 is 0 Å². The van der Waals surface area contributed by atoms with E-state index in [9.17, 15) is 0 Å². The molecule has 0 bridgehead atoms. The van der Waals surface area contributed by atoms with E-state index in [0.29, 0.717) is 5.41 Å². The normalized spacial score (nSPS) is 24.5. The SMILES string of the molecule is CCC1(CNC2=NCCCN2)COC1. The summed E-state index contributed by atoms with van der Waals surface area (Å²) < 4.78 is 5.27. The first-order valence-electron chi connectivity index (χ1n) is 5.45. The highest BCUT2D eigenvalue weighted by atomic mass is 16.5. The summed E-state index contributed by atoms with van der Waals surface area (Å²) in [5.41, 5.74) is 0.363. The zero-order valence-electron chi connectivity index (χ0n) is 8.81. The van der Waals surface area contributed by atoms with E-state index in [2.05, 4.69) is 22.5 Å². The maximum Gasteiger partial charge on any atom is 0.191 e. The number of nitrogens with zero attached hydrogens (tertiary/aromatic N) is 1. The van der Waals surface area contributed by atoms with Crippen molar-refractivity contribution in [1.82, 2.24) is 10.6 Å². The van der Waals surface area contributed by atoms with Crippen molar-refractivity contribution in [3.63, 3.8) is 0 Å². The first-order valence-corrected chi connectivity index (χ1v) is 5.45. The molecular weight excluding hydrogens is 178 g/mol. The van der Waals surface area contributed by atoms with E-state index in [1.165, 1.54) is 6.42 Å². The zero-order valence-corrected chi connectivity index (χ0v) is 8.81. The average Bonchev–Trinajstić information content (AvgIpc) is 2.19. The molecule has 0 unspecified atom stereocenters. The van der Waals surface area contributed by atoms with Crippen LogP contribution in [-0.2, 0) is 4.74 Å². The van der Waals surface area contributed by atoms with Gasteiger partial charge < -0.3 is 15.4 Å². The van der Waals surface area contributed by atoms with Gasteiger partial charge in [0.05, 0.1) is 13.2 Å². The monoisotopic (exact) mass is 197 g/mol. The molecule has 2 heterocycles. The van der Waals surface area contributed by atoms with Crippen molar-refractivity contribution in [3.8, 4) is 0 Å². The number of ether oxygens (including phenoxy) is 1. The Bertz CT molecular complexity index is 218. The van der Waals surface area contributed by atoms with Crippen LogP contribution in [0.1, 0.15) is 19.8 Å². The van der Waals surface area contributed by atoms with Crippen molar-refractivity contribution in [2.24, 2.45) is 10.4 Å². The Balaban J connectivity index is 1.78. The van der Waals surface area contributed by atoms with Gasteiger partial charge in [0.2, 0.25) is 0 Å². The highest BCUT2D eigenvalue weighted by Crippen LogP contribution is 2.29. The third-order valence-corrected chi connectivity index (χ3v) is 3.09. The molecule has 2 aliphatic heterocycles. The molecular formula is C10H19N3O. The quantitative estimate of drug-likeness (QED) is 0.686. The molecule has 1 saturated heterocycles. The molecule has 14 heavy (non-hydrogen) atoms. The van der Waals surface area contributed by atoms with Crippen LogP contribution in [0.4, 0.5) is 0 Å². The van der Waals surface area contributed by atoms with Gasteiger partial charge in [-0.05, 0) is 12.8 Å². The van der Waals surface area contributed by atoms with Crippen LogP contribution in [0.25, 0.3) is 0 Å². The van der Waals surface area contributed by atoms with Crippen LogP contribution in [-0.4, -0.2) is 38.8 Å². The smallest absolute Gasteiger partial charge is 0.191 e. The Morgan fingerprint density at radius 2 is 2.43 bits per heavy atom. The second kappa shape index (κ2) is 4.17.